The summed E-state index contributed by atoms with van der Waals surface area (Å²) in [7, 11) is 0. The lowest BCUT2D eigenvalue weighted by molar-refractivity contribution is -0.134. The predicted molar refractivity (Wildman–Crippen MR) is 124 cm³/mol. The minimum absolute atomic E-state index is 0.0888. The predicted octanol–water partition coefficient (Wildman–Crippen LogP) is 5.75. The molecule has 32 heavy (non-hydrogen) atoms. The molecule has 0 spiro atoms. The summed E-state index contributed by atoms with van der Waals surface area (Å²) in [6.45, 7) is 6.35. The molecule has 0 saturated carbocycles. The second kappa shape index (κ2) is 12.8. The van der Waals surface area contributed by atoms with Crippen molar-refractivity contribution in [1.29, 1.82) is 0 Å². The number of rotatable bonds is 12. The smallest absolute Gasteiger partial charge is 0.310 e. The van der Waals surface area contributed by atoms with E-state index in [1.54, 1.807) is 37.3 Å². The van der Waals surface area contributed by atoms with Gasteiger partial charge in [0, 0.05) is 30.0 Å². The molecular weight excluding hydrogens is 434 g/mol. The van der Waals surface area contributed by atoms with Crippen LogP contribution >= 0.6 is 11.6 Å². The number of phenolic OH excluding ortho intramolecular Hbond substituents is 1. The van der Waals surface area contributed by atoms with E-state index in [0.717, 1.165) is 6.42 Å². The fourth-order valence-corrected chi connectivity index (χ4v) is 3.31. The van der Waals surface area contributed by atoms with Crippen molar-refractivity contribution in [3.8, 4) is 23.0 Å². The molecule has 0 aliphatic rings. The third kappa shape index (κ3) is 6.79. The second-order valence-corrected chi connectivity index (χ2v) is 7.47. The molecule has 8 heteroatoms. The number of carbonyl (C=O) groups is 1. The fraction of sp³-hybridized carbons (Fsp3) is 0.417. The maximum absolute atomic E-state index is 11.4. The van der Waals surface area contributed by atoms with Gasteiger partial charge in [0.05, 0.1) is 23.9 Å². The zero-order chi connectivity index (χ0) is 23.5. The van der Waals surface area contributed by atoms with Gasteiger partial charge in [-0.2, -0.15) is 0 Å². The molecule has 0 aliphatic carbocycles. The number of ether oxygens (including phenoxy) is 3. The summed E-state index contributed by atoms with van der Waals surface area (Å²) in [4.78, 5) is 11.4. The van der Waals surface area contributed by atoms with Gasteiger partial charge in [-0.15, -0.1) is 0 Å². The summed E-state index contributed by atoms with van der Waals surface area (Å²) in [6, 6.07) is 8.32. The van der Waals surface area contributed by atoms with Gasteiger partial charge in [-0.3, -0.25) is 4.79 Å². The molecular formula is C24H30ClNO6. The van der Waals surface area contributed by atoms with Crippen molar-refractivity contribution < 1.29 is 29.3 Å². The molecule has 174 valence electrons. The van der Waals surface area contributed by atoms with Crippen molar-refractivity contribution >= 4 is 23.3 Å². The third-order valence-corrected chi connectivity index (χ3v) is 5.03. The molecule has 0 heterocycles. The van der Waals surface area contributed by atoms with Crippen molar-refractivity contribution in [3.05, 3.63) is 46.5 Å². The summed E-state index contributed by atoms with van der Waals surface area (Å²) in [5.74, 6) is 1.23. The zero-order valence-electron chi connectivity index (χ0n) is 18.7. The number of nitrogens with zero attached hydrogens (tertiary/aromatic N) is 1. The van der Waals surface area contributed by atoms with E-state index >= 15 is 0 Å². The number of hydrogen-bond acceptors (Lipinski definition) is 7. The Hall–Kier alpha value is -2.93. The monoisotopic (exact) mass is 463 g/mol. The van der Waals surface area contributed by atoms with Gasteiger partial charge in [0.15, 0.2) is 0 Å². The molecule has 2 aromatic carbocycles. The van der Waals surface area contributed by atoms with Crippen LogP contribution in [0, 0.1) is 0 Å². The number of carbonyl (C=O) groups excluding carboxylic acids is 1. The molecule has 0 amide bonds. The van der Waals surface area contributed by atoms with E-state index in [-0.39, 0.29) is 18.1 Å². The van der Waals surface area contributed by atoms with E-state index in [4.69, 9.17) is 25.8 Å². The van der Waals surface area contributed by atoms with Crippen molar-refractivity contribution in [1.82, 2.24) is 0 Å². The minimum Gasteiger partial charge on any atom is -0.507 e. The summed E-state index contributed by atoms with van der Waals surface area (Å²) in [5, 5.41) is 23.5. The summed E-state index contributed by atoms with van der Waals surface area (Å²) >= 11 is 6.20. The van der Waals surface area contributed by atoms with Crippen LogP contribution in [-0.4, -0.2) is 35.2 Å². The maximum Gasteiger partial charge on any atom is 0.310 e. The van der Waals surface area contributed by atoms with Gasteiger partial charge in [0.1, 0.15) is 23.0 Å². The average Bonchev–Trinajstić information content (AvgIpc) is 2.78. The highest BCUT2D eigenvalue weighted by Crippen LogP contribution is 2.34. The topological polar surface area (TPSA) is 97.6 Å². The van der Waals surface area contributed by atoms with Crippen molar-refractivity contribution in [2.45, 2.75) is 52.9 Å². The van der Waals surface area contributed by atoms with Gasteiger partial charge < -0.3 is 24.5 Å². The summed E-state index contributed by atoms with van der Waals surface area (Å²) in [5.41, 5.74) is 1.63. The highest BCUT2D eigenvalue weighted by molar-refractivity contribution is 6.32. The van der Waals surface area contributed by atoms with Crippen LogP contribution in [0.4, 0.5) is 0 Å². The van der Waals surface area contributed by atoms with Crippen LogP contribution in [0.1, 0.15) is 57.6 Å². The molecule has 0 saturated heterocycles. The van der Waals surface area contributed by atoms with Gasteiger partial charge in [-0.1, -0.05) is 43.9 Å². The molecule has 0 radical (unpaired) electrons. The first-order valence-corrected chi connectivity index (χ1v) is 11.1. The molecule has 2 rings (SSSR count). The first-order chi connectivity index (χ1) is 15.4. The van der Waals surface area contributed by atoms with E-state index < -0.39 is 0 Å². The minimum atomic E-state index is -0.331. The van der Waals surface area contributed by atoms with Crippen LogP contribution < -0.4 is 14.2 Å². The van der Waals surface area contributed by atoms with E-state index in [1.807, 2.05) is 13.8 Å². The van der Waals surface area contributed by atoms with Crippen molar-refractivity contribution in [2.24, 2.45) is 5.16 Å². The Labute approximate surface area is 193 Å². The van der Waals surface area contributed by atoms with Gasteiger partial charge in [-0.05, 0) is 37.1 Å². The van der Waals surface area contributed by atoms with Gasteiger partial charge in [0.2, 0.25) is 0 Å². The van der Waals surface area contributed by atoms with Crippen LogP contribution in [0.3, 0.4) is 0 Å². The first-order valence-electron chi connectivity index (χ1n) is 10.8. The largest absolute Gasteiger partial charge is 0.507 e. The molecule has 0 aliphatic heterocycles. The number of benzene rings is 2. The molecule has 2 aromatic rings. The Morgan fingerprint density at radius 3 is 2.31 bits per heavy atom. The number of aromatic hydroxyl groups is 1. The molecule has 0 bridgehead atoms. The Morgan fingerprint density at radius 1 is 1.03 bits per heavy atom. The Morgan fingerprint density at radius 2 is 1.72 bits per heavy atom. The molecule has 0 aromatic heterocycles. The number of hydrogen-bond donors (Lipinski definition) is 2. The van der Waals surface area contributed by atoms with E-state index in [0.29, 0.717) is 71.6 Å². The Bertz CT molecular complexity index is 944. The number of halogens is 1. The number of oxime groups is 1. The van der Waals surface area contributed by atoms with Crippen LogP contribution in [0.2, 0.25) is 5.02 Å². The number of phenols is 1. The standard InChI is InChI=1S/C24H30ClNO6/c1-4-8-18-21(12-10-17(24(18)28)20(5-2)26-29)30-13-7-14-31-22-11-9-16(15-19(22)25)32-23(27)6-3/h9-12,15,28-29H,4-8,13-14H2,1-3H3. The van der Waals surface area contributed by atoms with Crippen LogP contribution in [0.25, 0.3) is 0 Å². The van der Waals surface area contributed by atoms with Crippen molar-refractivity contribution in [3.63, 3.8) is 0 Å². The lowest BCUT2D eigenvalue weighted by atomic mass is 9.99. The molecule has 2 N–H and O–H groups in total. The van der Waals surface area contributed by atoms with Gasteiger partial charge in [-0.25, -0.2) is 0 Å². The molecule has 0 atom stereocenters. The van der Waals surface area contributed by atoms with Crippen LogP contribution in [-0.2, 0) is 11.2 Å². The highest BCUT2D eigenvalue weighted by atomic mass is 35.5. The van der Waals surface area contributed by atoms with E-state index in [9.17, 15) is 15.1 Å². The quantitative estimate of drug-likeness (QED) is 0.104. The first kappa shape index (κ1) is 25.3. The van der Waals surface area contributed by atoms with Gasteiger partial charge >= 0.3 is 5.97 Å². The molecule has 0 unspecified atom stereocenters. The molecule has 0 fully saturated rings. The van der Waals surface area contributed by atoms with Crippen LogP contribution in [0.15, 0.2) is 35.5 Å². The highest BCUT2D eigenvalue weighted by Gasteiger charge is 2.16. The van der Waals surface area contributed by atoms with Crippen LogP contribution in [0.5, 0.6) is 23.0 Å². The summed E-state index contributed by atoms with van der Waals surface area (Å²) < 4.78 is 16.7. The van der Waals surface area contributed by atoms with E-state index in [2.05, 4.69) is 5.16 Å². The second-order valence-electron chi connectivity index (χ2n) is 7.06. The lowest BCUT2D eigenvalue weighted by Gasteiger charge is -2.16. The van der Waals surface area contributed by atoms with Gasteiger partial charge in [0.25, 0.3) is 0 Å². The SMILES string of the molecule is CCCc1c(OCCCOc2ccc(OC(=O)CC)cc2Cl)ccc(C(CC)=NO)c1O. The Balaban J connectivity index is 1.94. The Kier molecular flexibility index (Phi) is 10.1. The summed E-state index contributed by atoms with van der Waals surface area (Å²) in [6.07, 6.45) is 2.84. The van der Waals surface area contributed by atoms with Crippen molar-refractivity contribution in [2.75, 3.05) is 13.2 Å². The lowest BCUT2D eigenvalue weighted by Crippen LogP contribution is -2.08. The maximum atomic E-state index is 11.4. The third-order valence-electron chi connectivity index (χ3n) is 4.73. The fourth-order valence-electron chi connectivity index (χ4n) is 3.08. The molecule has 7 nitrogen and oxygen atoms in total. The zero-order valence-corrected chi connectivity index (χ0v) is 19.4. The normalized spacial score (nSPS) is 11.3. The average molecular weight is 464 g/mol. The van der Waals surface area contributed by atoms with E-state index in [1.165, 1.54) is 0 Å². The number of esters is 1.